The molecule has 0 amide bonds. The zero-order valence-electron chi connectivity index (χ0n) is 11.4. The number of piperidine rings is 1. The van der Waals surface area contributed by atoms with Gasteiger partial charge in [0.1, 0.15) is 0 Å². The molecule has 0 bridgehead atoms. The Kier molecular flexibility index (Phi) is 7.04. The largest absolute Gasteiger partial charge is 0.328 e. The third kappa shape index (κ3) is 5.19. The standard InChI is InChI=1S/C12H25N3O2S.ClH/c13-12-6-4-5-11(9-12)10-14-18(16,17)15-7-2-1-3-8-15;/h11-12,14H,1-10,13H2;1H. The zero-order chi connectivity index (χ0) is 13.0. The summed E-state index contributed by atoms with van der Waals surface area (Å²) in [7, 11) is -3.26. The van der Waals surface area contributed by atoms with Crippen LogP contribution in [0.3, 0.4) is 0 Å². The highest BCUT2D eigenvalue weighted by Crippen LogP contribution is 2.22. The van der Waals surface area contributed by atoms with Gasteiger partial charge >= 0.3 is 0 Å². The normalized spacial score (nSPS) is 29.7. The molecule has 1 saturated carbocycles. The van der Waals surface area contributed by atoms with Gasteiger partial charge in [-0.15, -0.1) is 12.4 Å². The second kappa shape index (κ2) is 7.78. The van der Waals surface area contributed by atoms with Gasteiger partial charge in [-0.25, -0.2) is 4.72 Å². The van der Waals surface area contributed by atoms with E-state index in [4.69, 9.17) is 5.73 Å². The number of hydrogen-bond acceptors (Lipinski definition) is 3. The Bertz CT molecular complexity index is 358. The van der Waals surface area contributed by atoms with Crippen LogP contribution in [0.15, 0.2) is 0 Å². The van der Waals surface area contributed by atoms with Crippen LogP contribution in [-0.2, 0) is 10.2 Å². The van der Waals surface area contributed by atoms with Gasteiger partial charge in [0.2, 0.25) is 0 Å². The Hall–Kier alpha value is 0.120. The maximum Gasteiger partial charge on any atom is 0.279 e. The molecule has 7 heteroatoms. The Morgan fingerprint density at radius 2 is 1.79 bits per heavy atom. The predicted octanol–water partition coefficient (Wildman–Crippen LogP) is 1.25. The summed E-state index contributed by atoms with van der Waals surface area (Å²) in [5.74, 6) is 0.410. The third-order valence-electron chi connectivity index (χ3n) is 4.03. The molecule has 1 saturated heterocycles. The number of halogens is 1. The first-order valence-electron chi connectivity index (χ1n) is 7.08. The number of hydrogen-bond donors (Lipinski definition) is 2. The molecule has 1 heterocycles. The van der Waals surface area contributed by atoms with Crippen molar-refractivity contribution in [3.63, 3.8) is 0 Å². The summed E-state index contributed by atoms with van der Waals surface area (Å²) in [5.41, 5.74) is 5.92. The van der Waals surface area contributed by atoms with Crippen molar-refractivity contribution in [2.24, 2.45) is 11.7 Å². The van der Waals surface area contributed by atoms with Crippen molar-refractivity contribution in [2.75, 3.05) is 19.6 Å². The number of nitrogens with one attached hydrogen (secondary N) is 1. The van der Waals surface area contributed by atoms with Crippen LogP contribution in [0.2, 0.25) is 0 Å². The molecule has 0 spiro atoms. The van der Waals surface area contributed by atoms with Crippen LogP contribution in [0.5, 0.6) is 0 Å². The van der Waals surface area contributed by atoms with Gasteiger partial charge in [0.05, 0.1) is 0 Å². The number of nitrogens with two attached hydrogens (primary N) is 1. The lowest BCUT2D eigenvalue weighted by Crippen LogP contribution is -2.45. The average Bonchev–Trinajstić information content (AvgIpc) is 2.38. The van der Waals surface area contributed by atoms with Gasteiger partial charge in [-0.2, -0.15) is 12.7 Å². The average molecular weight is 312 g/mol. The van der Waals surface area contributed by atoms with E-state index < -0.39 is 10.2 Å². The van der Waals surface area contributed by atoms with Crippen LogP contribution in [-0.4, -0.2) is 38.4 Å². The lowest BCUT2D eigenvalue weighted by Gasteiger charge is -2.29. The van der Waals surface area contributed by atoms with Crippen molar-refractivity contribution in [2.45, 2.75) is 51.0 Å². The highest BCUT2D eigenvalue weighted by atomic mass is 35.5. The summed E-state index contributed by atoms with van der Waals surface area (Å²) >= 11 is 0. The molecule has 2 atom stereocenters. The van der Waals surface area contributed by atoms with E-state index in [1.165, 1.54) is 0 Å². The van der Waals surface area contributed by atoms with E-state index in [0.717, 1.165) is 44.9 Å². The molecule has 0 aromatic rings. The predicted molar refractivity (Wildman–Crippen MR) is 79.5 cm³/mol. The fourth-order valence-corrected chi connectivity index (χ4v) is 4.31. The quantitative estimate of drug-likeness (QED) is 0.820. The highest BCUT2D eigenvalue weighted by Gasteiger charge is 2.26. The lowest BCUT2D eigenvalue weighted by molar-refractivity contribution is 0.311. The van der Waals surface area contributed by atoms with Gasteiger partial charge < -0.3 is 5.73 Å². The minimum atomic E-state index is -3.26. The number of rotatable bonds is 4. The van der Waals surface area contributed by atoms with Crippen molar-refractivity contribution < 1.29 is 8.42 Å². The Labute approximate surface area is 122 Å². The summed E-state index contributed by atoms with van der Waals surface area (Å²) < 4.78 is 28.5. The van der Waals surface area contributed by atoms with Gasteiger partial charge in [-0.05, 0) is 38.0 Å². The molecule has 3 N–H and O–H groups in total. The molecule has 114 valence electrons. The molecule has 0 aromatic heterocycles. The molecule has 0 radical (unpaired) electrons. The Balaban J connectivity index is 0.00000180. The molecule has 2 aliphatic rings. The Morgan fingerprint density at radius 1 is 1.11 bits per heavy atom. The van der Waals surface area contributed by atoms with Crippen molar-refractivity contribution in [3.8, 4) is 0 Å². The number of nitrogens with zero attached hydrogens (tertiary/aromatic N) is 1. The SMILES string of the molecule is Cl.NC1CCCC(CNS(=O)(=O)N2CCCCC2)C1. The van der Waals surface area contributed by atoms with E-state index in [0.29, 0.717) is 25.6 Å². The lowest BCUT2D eigenvalue weighted by atomic mass is 9.86. The topological polar surface area (TPSA) is 75.4 Å². The molecular weight excluding hydrogens is 286 g/mol. The van der Waals surface area contributed by atoms with Crippen LogP contribution < -0.4 is 10.5 Å². The first-order chi connectivity index (χ1) is 8.58. The van der Waals surface area contributed by atoms with Crippen LogP contribution in [0.4, 0.5) is 0 Å². The highest BCUT2D eigenvalue weighted by molar-refractivity contribution is 7.87. The van der Waals surface area contributed by atoms with Gasteiger partial charge in [0.15, 0.2) is 0 Å². The van der Waals surface area contributed by atoms with Crippen LogP contribution >= 0.6 is 12.4 Å². The van der Waals surface area contributed by atoms with Gasteiger partial charge in [0.25, 0.3) is 10.2 Å². The molecule has 19 heavy (non-hydrogen) atoms. The van der Waals surface area contributed by atoms with Crippen molar-refractivity contribution in [3.05, 3.63) is 0 Å². The molecule has 2 fully saturated rings. The summed E-state index contributed by atoms with van der Waals surface area (Å²) in [5, 5.41) is 0. The third-order valence-corrected chi connectivity index (χ3v) is 5.61. The monoisotopic (exact) mass is 311 g/mol. The van der Waals surface area contributed by atoms with Gasteiger partial charge in [0, 0.05) is 25.7 Å². The molecule has 1 aliphatic carbocycles. The molecule has 2 rings (SSSR count). The van der Waals surface area contributed by atoms with Crippen molar-refractivity contribution in [1.29, 1.82) is 0 Å². The van der Waals surface area contributed by atoms with E-state index in [9.17, 15) is 8.42 Å². The van der Waals surface area contributed by atoms with E-state index in [1.807, 2.05) is 0 Å². The molecule has 1 aliphatic heterocycles. The molecule has 2 unspecified atom stereocenters. The molecule has 0 aromatic carbocycles. The second-order valence-electron chi connectivity index (χ2n) is 5.61. The van der Waals surface area contributed by atoms with E-state index in [1.54, 1.807) is 4.31 Å². The van der Waals surface area contributed by atoms with Crippen molar-refractivity contribution >= 4 is 22.6 Å². The minimum Gasteiger partial charge on any atom is -0.328 e. The Morgan fingerprint density at radius 3 is 2.42 bits per heavy atom. The fraction of sp³-hybridized carbons (Fsp3) is 1.00. The summed E-state index contributed by atoms with van der Waals surface area (Å²) in [6, 6.07) is 0.253. The second-order valence-corrected chi connectivity index (χ2v) is 7.36. The van der Waals surface area contributed by atoms with Gasteiger partial charge in [-0.1, -0.05) is 12.8 Å². The smallest absolute Gasteiger partial charge is 0.279 e. The first kappa shape index (κ1) is 17.2. The molecule has 5 nitrogen and oxygen atoms in total. The van der Waals surface area contributed by atoms with Crippen LogP contribution in [0.25, 0.3) is 0 Å². The summed E-state index contributed by atoms with van der Waals surface area (Å²) in [4.78, 5) is 0. The summed E-state index contributed by atoms with van der Waals surface area (Å²) in [6.45, 7) is 1.88. The van der Waals surface area contributed by atoms with Gasteiger partial charge in [-0.3, -0.25) is 0 Å². The maximum absolute atomic E-state index is 12.1. The van der Waals surface area contributed by atoms with E-state index in [-0.39, 0.29) is 18.4 Å². The molecular formula is C12H26ClN3O2S. The first-order valence-corrected chi connectivity index (χ1v) is 8.52. The summed E-state index contributed by atoms with van der Waals surface area (Å²) in [6.07, 6.45) is 7.35. The minimum absolute atomic E-state index is 0. The van der Waals surface area contributed by atoms with Crippen molar-refractivity contribution in [1.82, 2.24) is 9.03 Å². The van der Waals surface area contributed by atoms with Crippen LogP contribution in [0.1, 0.15) is 44.9 Å². The van der Waals surface area contributed by atoms with E-state index in [2.05, 4.69) is 4.72 Å². The fourth-order valence-electron chi connectivity index (χ4n) is 2.94. The van der Waals surface area contributed by atoms with E-state index >= 15 is 0 Å². The zero-order valence-corrected chi connectivity index (χ0v) is 13.0. The van der Waals surface area contributed by atoms with Crippen LogP contribution in [0, 0.1) is 5.92 Å². The maximum atomic E-state index is 12.1.